The summed E-state index contributed by atoms with van der Waals surface area (Å²) < 4.78 is 5.75. The lowest BCUT2D eigenvalue weighted by Gasteiger charge is -1.98. The van der Waals surface area contributed by atoms with E-state index >= 15 is 0 Å². The van der Waals surface area contributed by atoms with Crippen LogP contribution in [-0.4, -0.2) is 16.0 Å². The van der Waals surface area contributed by atoms with E-state index < -0.39 is 4.92 Å². The lowest BCUT2D eigenvalue weighted by Crippen LogP contribution is -2.03. The fraction of sp³-hybridized carbons (Fsp3) is 0.0769. The Labute approximate surface area is 126 Å². The highest BCUT2D eigenvalue weighted by Gasteiger charge is 2.28. The maximum Gasteiger partial charge on any atom is 0.338 e. The van der Waals surface area contributed by atoms with Crippen LogP contribution in [0, 0.1) is 17.0 Å². The quantitative estimate of drug-likeness (QED) is 0.510. The van der Waals surface area contributed by atoms with E-state index in [1.807, 2.05) is 0 Å². The number of benzene rings is 1. The molecule has 21 heavy (non-hydrogen) atoms. The molecule has 8 heteroatoms. The summed E-state index contributed by atoms with van der Waals surface area (Å²) in [5.41, 5.74) is 1.52. The number of hydrogen-bond acceptors (Lipinski definition) is 5. The van der Waals surface area contributed by atoms with Crippen LogP contribution >= 0.6 is 15.9 Å². The Kier molecular flexibility index (Phi) is 3.09. The van der Waals surface area contributed by atoms with Gasteiger partial charge in [0, 0.05) is 21.8 Å². The SMILES string of the molecule is Cc1noc(/C=C2\C(=O)Nc3ccc(Br)cc32)c1[N+](=O)[O-]. The third-order valence-corrected chi connectivity index (χ3v) is 3.57. The number of halogens is 1. The Morgan fingerprint density at radius 3 is 2.95 bits per heavy atom. The molecule has 106 valence electrons. The lowest BCUT2D eigenvalue weighted by atomic mass is 10.1. The standard InChI is InChI=1S/C13H8BrN3O4/c1-6-12(17(19)20)11(21-16-6)5-9-8-4-7(14)2-3-10(8)15-13(9)18/h2-5H,1H3,(H,15,18)/b9-5-. The molecule has 3 rings (SSSR count). The molecule has 1 aromatic heterocycles. The van der Waals surface area contributed by atoms with Gasteiger partial charge in [-0.1, -0.05) is 21.1 Å². The van der Waals surface area contributed by atoms with Crippen LogP contribution in [0.4, 0.5) is 11.4 Å². The van der Waals surface area contributed by atoms with Crippen molar-refractivity contribution in [2.24, 2.45) is 0 Å². The van der Waals surface area contributed by atoms with E-state index in [-0.39, 0.29) is 23.0 Å². The molecule has 2 heterocycles. The van der Waals surface area contributed by atoms with Gasteiger partial charge in [-0.15, -0.1) is 0 Å². The molecule has 0 saturated heterocycles. The van der Waals surface area contributed by atoms with Gasteiger partial charge in [-0.05, 0) is 25.1 Å². The van der Waals surface area contributed by atoms with Crippen molar-refractivity contribution in [3.8, 4) is 0 Å². The van der Waals surface area contributed by atoms with Gasteiger partial charge in [-0.3, -0.25) is 14.9 Å². The molecule has 0 atom stereocenters. The Morgan fingerprint density at radius 2 is 2.24 bits per heavy atom. The number of carbonyl (C=O) groups excluding carboxylic acids is 1. The second-order valence-electron chi connectivity index (χ2n) is 4.44. The van der Waals surface area contributed by atoms with E-state index in [1.165, 1.54) is 13.0 Å². The summed E-state index contributed by atoms with van der Waals surface area (Å²) in [6.07, 6.45) is 1.34. The van der Waals surface area contributed by atoms with Crippen molar-refractivity contribution in [3.63, 3.8) is 0 Å². The van der Waals surface area contributed by atoms with Crippen LogP contribution in [0.3, 0.4) is 0 Å². The van der Waals surface area contributed by atoms with Gasteiger partial charge >= 0.3 is 5.69 Å². The molecule has 0 fully saturated rings. The van der Waals surface area contributed by atoms with Crippen LogP contribution in [0.1, 0.15) is 17.0 Å². The van der Waals surface area contributed by atoms with Gasteiger partial charge in [0.15, 0.2) is 5.69 Å². The minimum absolute atomic E-state index is 0.0459. The Bertz CT molecular complexity index is 810. The number of nitro groups is 1. The highest BCUT2D eigenvalue weighted by atomic mass is 79.9. The first kappa shape index (κ1) is 13.5. The minimum atomic E-state index is -0.576. The van der Waals surface area contributed by atoms with Crippen LogP contribution in [0.5, 0.6) is 0 Å². The molecule has 0 aliphatic carbocycles. The third-order valence-electron chi connectivity index (χ3n) is 3.08. The molecular formula is C13H8BrN3O4. The third kappa shape index (κ3) is 2.23. The number of hydrogen-bond donors (Lipinski definition) is 1. The van der Waals surface area contributed by atoms with Crippen LogP contribution in [0.2, 0.25) is 0 Å². The molecule has 1 aromatic carbocycles. The van der Waals surface area contributed by atoms with Crippen LogP contribution in [0.15, 0.2) is 27.2 Å². The van der Waals surface area contributed by atoms with E-state index in [1.54, 1.807) is 18.2 Å². The van der Waals surface area contributed by atoms with Crippen LogP contribution < -0.4 is 5.32 Å². The van der Waals surface area contributed by atoms with Crippen molar-refractivity contribution in [1.29, 1.82) is 0 Å². The van der Waals surface area contributed by atoms with E-state index in [2.05, 4.69) is 26.4 Å². The highest BCUT2D eigenvalue weighted by Crippen LogP contribution is 2.36. The van der Waals surface area contributed by atoms with Gasteiger partial charge in [-0.25, -0.2) is 0 Å². The molecule has 0 spiro atoms. The molecule has 1 N–H and O–H groups in total. The van der Waals surface area contributed by atoms with Gasteiger partial charge < -0.3 is 9.84 Å². The zero-order chi connectivity index (χ0) is 15.1. The fourth-order valence-electron chi connectivity index (χ4n) is 2.13. The number of amides is 1. The predicted molar refractivity (Wildman–Crippen MR) is 78.5 cm³/mol. The molecule has 7 nitrogen and oxygen atoms in total. The molecule has 0 saturated carbocycles. The summed E-state index contributed by atoms with van der Waals surface area (Å²) in [6, 6.07) is 5.30. The minimum Gasteiger partial charge on any atom is -0.349 e. The number of aromatic nitrogens is 1. The summed E-state index contributed by atoms with van der Waals surface area (Å²) >= 11 is 3.33. The van der Waals surface area contributed by atoms with Crippen LogP contribution in [-0.2, 0) is 4.79 Å². The second kappa shape index (κ2) is 4.81. The largest absolute Gasteiger partial charge is 0.349 e. The fourth-order valence-corrected chi connectivity index (χ4v) is 2.49. The zero-order valence-corrected chi connectivity index (χ0v) is 12.3. The first-order chi connectivity index (χ1) is 9.97. The van der Waals surface area contributed by atoms with Crippen molar-refractivity contribution in [1.82, 2.24) is 5.16 Å². The van der Waals surface area contributed by atoms with Gasteiger partial charge in [0.2, 0.25) is 5.76 Å². The number of carbonyl (C=O) groups is 1. The Hall–Kier alpha value is -2.48. The summed E-state index contributed by atoms with van der Waals surface area (Å²) in [5.74, 6) is -0.387. The van der Waals surface area contributed by atoms with Crippen molar-refractivity contribution >= 4 is 44.9 Å². The summed E-state index contributed by atoms with van der Waals surface area (Å²) in [7, 11) is 0. The highest BCUT2D eigenvalue weighted by molar-refractivity contribution is 9.10. The predicted octanol–water partition coefficient (Wildman–Crippen LogP) is 3.15. The molecule has 1 amide bonds. The summed E-state index contributed by atoms with van der Waals surface area (Å²) in [4.78, 5) is 22.5. The number of nitrogens with zero attached hydrogens (tertiary/aromatic N) is 2. The maximum atomic E-state index is 12.0. The van der Waals surface area contributed by atoms with Crippen molar-refractivity contribution in [2.45, 2.75) is 6.92 Å². The van der Waals surface area contributed by atoms with E-state index in [4.69, 9.17) is 4.52 Å². The van der Waals surface area contributed by atoms with Crippen LogP contribution in [0.25, 0.3) is 11.6 Å². The van der Waals surface area contributed by atoms with Gasteiger partial charge in [0.1, 0.15) is 0 Å². The topological polar surface area (TPSA) is 98.3 Å². The Morgan fingerprint density at radius 1 is 1.48 bits per heavy atom. The molecule has 2 aromatic rings. The monoisotopic (exact) mass is 349 g/mol. The Balaban J connectivity index is 2.16. The van der Waals surface area contributed by atoms with Crippen molar-refractivity contribution in [2.75, 3.05) is 5.32 Å². The number of aryl methyl sites for hydroxylation is 1. The average Bonchev–Trinajstić information content (AvgIpc) is 2.92. The maximum absolute atomic E-state index is 12.0. The first-order valence-electron chi connectivity index (χ1n) is 5.91. The number of rotatable bonds is 2. The van der Waals surface area contributed by atoms with E-state index in [0.717, 1.165) is 4.47 Å². The molecule has 1 aliphatic rings. The molecular weight excluding hydrogens is 342 g/mol. The molecule has 0 bridgehead atoms. The molecule has 0 radical (unpaired) electrons. The van der Waals surface area contributed by atoms with E-state index in [0.29, 0.717) is 16.8 Å². The van der Waals surface area contributed by atoms with Gasteiger partial charge in [0.05, 0.1) is 10.5 Å². The van der Waals surface area contributed by atoms with Gasteiger partial charge in [-0.2, -0.15) is 0 Å². The second-order valence-corrected chi connectivity index (χ2v) is 5.36. The number of nitrogens with one attached hydrogen (secondary N) is 1. The zero-order valence-electron chi connectivity index (χ0n) is 10.7. The lowest BCUT2D eigenvalue weighted by molar-refractivity contribution is -0.386. The van der Waals surface area contributed by atoms with E-state index in [9.17, 15) is 14.9 Å². The first-order valence-corrected chi connectivity index (χ1v) is 6.70. The molecule has 0 unspecified atom stereocenters. The smallest absolute Gasteiger partial charge is 0.338 e. The van der Waals surface area contributed by atoms with Crippen molar-refractivity contribution in [3.05, 3.63) is 49.8 Å². The number of fused-ring (bicyclic) bond motifs is 1. The normalized spacial score (nSPS) is 15.1. The molecule has 1 aliphatic heterocycles. The average molecular weight is 350 g/mol. The number of anilines is 1. The van der Waals surface area contributed by atoms with Gasteiger partial charge in [0.25, 0.3) is 5.91 Å². The summed E-state index contributed by atoms with van der Waals surface area (Å²) in [6.45, 7) is 1.48. The summed E-state index contributed by atoms with van der Waals surface area (Å²) in [5, 5.41) is 17.3. The van der Waals surface area contributed by atoms with Crippen molar-refractivity contribution < 1.29 is 14.2 Å².